The van der Waals surface area contributed by atoms with E-state index < -0.39 is 21.9 Å². The highest BCUT2D eigenvalue weighted by atomic mass is 32.2. The zero-order valence-corrected chi connectivity index (χ0v) is 19.8. The van der Waals surface area contributed by atoms with Crippen molar-refractivity contribution in [3.63, 3.8) is 0 Å². The van der Waals surface area contributed by atoms with Crippen LogP contribution < -0.4 is 9.46 Å². The van der Waals surface area contributed by atoms with Crippen LogP contribution >= 0.6 is 0 Å². The van der Waals surface area contributed by atoms with E-state index in [1.165, 1.54) is 22.9 Å². The summed E-state index contributed by atoms with van der Waals surface area (Å²) in [4.78, 5) is 2.06. The lowest BCUT2D eigenvalue weighted by molar-refractivity contribution is 0.259. The lowest BCUT2D eigenvalue weighted by Gasteiger charge is -2.20. The molecule has 10 heteroatoms. The molecular formula is C21H30FN5O3S. The monoisotopic (exact) mass is 451 g/mol. The number of hydrogen-bond acceptors (Lipinski definition) is 6. The highest BCUT2D eigenvalue weighted by Gasteiger charge is 2.27. The SMILES string of the molecule is CC(C)c1cc(F)cc(C(C)NS(=O)(=O)c2cc(CN(C)C(C)C)n(C)n2)c1OC#N. The van der Waals surface area contributed by atoms with E-state index in [0.29, 0.717) is 12.1 Å². The summed E-state index contributed by atoms with van der Waals surface area (Å²) >= 11 is 0. The highest BCUT2D eigenvalue weighted by Crippen LogP contribution is 2.35. The number of nitriles is 1. The Morgan fingerprint density at radius 2 is 1.84 bits per heavy atom. The van der Waals surface area contributed by atoms with E-state index in [-0.39, 0.29) is 28.3 Å². The zero-order valence-electron chi connectivity index (χ0n) is 19.0. The highest BCUT2D eigenvalue weighted by molar-refractivity contribution is 7.89. The molecule has 0 bridgehead atoms. The van der Waals surface area contributed by atoms with Crippen LogP contribution in [-0.4, -0.2) is 36.2 Å². The number of sulfonamides is 1. The first-order valence-electron chi connectivity index (χ1n) is 10.0. The molecule has 0 saturated heterocycles. The van der Waals surface area contributed by atoms with Gasteiger partial charge in [-0.2, -0.15) is 5.10 Å². The van der Waals surface area contributed by atoms with Crippen LogP contribution in [0, 0.1) is 17.3 Å². The van der Waals surface area contributed by atoms with Crippen molar-refractivity contribution in [3.05, 3.63) is 40.8 Å². The zero-order chi connectivity index (χ0) is 23.5. The Morgan fingerprint density at radius 1 is 1.23 bits per heavy atom. The second kappa shape index (κ2) is 9.77. The number of halogens is 1. The summed E-state index contributed by atoms with van der Waals surface area (Å²) in [6.07, 6.45) is 1.61. The van der Waals surface area contributed by atoms with Crippen LogP contribution in [0.5, 0.6) is 5.75 Å². The van der Waals surface area contributed by atoms with Gasteiger partial charge in [-0.3, -0.25) is 9.58 Å². The molecule has 0 aliphatic heterocycles. The molecule has 0 amide bonds. The number of nitrogens with zero attached hydrogens (tertiary/aromatic N) is 4. The van der Waals surface area contributed by atoms with Gasteiger partial charge in [-0.05, 0) is 45.9 Å². The predicted octanol–water partition coefficient (Wildman–Crippen LogP) is 3.42. The molecule has 1 heterocycles. The Balaban J connectivity index is 2.38. The van der Waals surface area contributed by atoms with Crippen LogP contribution in [-0.2, 0) is 23.6 Å². The van der Waals surface area contributed by atoms with E-state index in [9.17, 15) is 12.8 Å². The summed E-state index contributed by atoms with van der Waals surface area (Å²) < 4.78 is 49.3. The van der Waals surface area contributed by atoms with Crippen LogP contribution in [0.2, 0.25) is 0 Å². The van der Waals surface area contributed by atoms with Gasteiger partial charge in [0.05, 0.1) is 5.69 Å². The molecule has 2 aromatic rings. The Labute approximate surface area is 183 Å². The van der Waals surface area contributed by atoms with Crippen molar-refractivity contribution in [2.75, 3.05) is 7.05 Å². The van der Waals surface area contributed by atoms with Gasteiger partial charge in [-0.25, -0.2) is 17.5 Å². The maximum Gasteiger partial charge on any atom is 0.292 e. The molecule has 1 atom stereocenters. The first kappa shape index (κ1) is 24.8. The van der Waals surface area contributed by atoms with Crippen molar-refractivity contribution < 1.29 is 17.5 Å². The van der Waals surface area contributed by atoms with E-state index in [1.807, 2.05) is 34.7 Å². The van der Waals surface area contributed by atoms with Crippen LogP contribution in [0.15, 0.2) is 23.2 Å². The van der Waals surface area contributed by atoms with E-state index in [2.05, 4.69) is 14.7 Å². The normalized spacial score (nSPS) is 13.1. The fourth-order valence-corrected chi connectivity index (χ4v) is 4.34. The van der Waals surface area contributed by atoms with Crippen LogP contribution in [0.3, 0.4) is 0 Å². The van der Waals surface area contributed by atoms with Gasteiger partial charge in [0.15, 0.2) is 10.8 Å². The van der Waals surface area contributed by atoms with Crippen molar-refractivity contribution in [1.82, 2.24) is 19.4 Å². The fraction of sp³-hybridized carbons (Fsp3) is 0.524. The lowest BCUT2D eigenvalue weighted by Crippen LogP contribution is -2.28. The van der Waals surface area contributed by atoms with Gasteiger partial charge in [0, 0.05) is 42.9 Å². The van der Waals surface area contributed by atoms with Crippen LogP contribution in [0.4, 0.5) is 4.39 Å². The molecule has 0 radical (unpaired) electrons. The minimum Gasteiger partial charge on any atom is -0.387 e. The van der Waals surface area contributed by atoms with Crippen molar-refractivity contribution in [2.24, 2.45) is 7.05 Å². The predicted molar refractivity (Wildman–Crippen MR) is 115 cm³/mol. The van der Waals surface area contributed by atoms with Crippen LogP contribution in [0.1, 0.15) is 63.4 Å². The molecule has 170 valence electrons. The van der Waals surface area contributed by atoms with E-state index >= 15 is 0 Å². The van der Waals surface area contributed by atoms with Crippen molar-refractivity contribution >= 4 is 10.0 Å². The third-order valence-electron chi connectivity index (χ3n) is 5.20. The summed E-state index contributed by atoms with van der Waals surface area (Å²) in [6.45, 7) is 9.86. The molecule has 1 unspecified atom stereocenters. The molecular weight excluding hydrogens is 421 g/mol. The summed E-state index contributed by atoms with van der Waals surface area (Å²) in [7, 11) is -0.374. The molecule has 8 nitrogen and oxygen atoms in total. The maximum atomic E-state index is 14.2. The Hall–Kier alpha value is -2.48. The molecule has 1 aromatic heterocycles. The second-order valence-electron chi connectivity index (χ2n) is 8.21. The Morgan fingerprint density at radius 3 is 2.39 bits per heavy atom. The molecule has 0 aliphatic carbocycles. The number of ether oxygens (including phenoxy) is 1. The number of rotatable bonds is 9. The quantitative estimate of drug-likeness (QED) is 0.587. The Bertz CT molecular complexity index is 1070. The average Bonchev–Trinajstić information content (AvgIpc) is 3.03. The number of nitrogens with one attached hydrogen (secondary N) is 1. The van der Waals surface area contributed by atoms with Gasteiger partial charge in [-0.1, -0.05) is 13.8 Å². The molecule has 2 rings (SSSR count). The minimum atomic E-state index is -4.00. The number of benzene rings is 1. The smallest absolute Gasteiger partial charge is 0.292 e. The van der Waals surface area contributed by atoms with E-state index in [4.69, 9.17) is 10.00 Å². The van der Waals surface area contributed by atoms with Crippen molar-refractivity contribution in [2.45, 2.75) is 64.2 Å². The molecule has 0 fully saturated rings. The third kappa shape index (κ3) is 5.81. The topological polar surface area (TPSA) is 100 Å². The van der Waals surface area contributed by atoms with Crippen molar-refractivity contribution in [3.8, 4) is 12.0 Å². The van der Waals surface area contributed by atoms with Gasteiger partial charge in [0.1, 0.15) is 5.82 Å². The number of aryl methyl sites for hydroxylation is 1. The number of hydrogen-bond donors (Lipinski definition) is 1. The summed E-state index contributed by atoms with van der Waals surface area (Å²) in [5.74, 6) is -0.501. The van der Waals surface area contributed by atoms with Gasteiger partial charge >= 0.3 is 0 Å². The maximum absolute atomic E-state index is 14.2. The standard InChI is InChI=1S/C21H30FN5O3S/c1-13(2)18-8-16(22)9-19(21(18)30-12-23)15(5)25-31(28,29)20-10-17(27(7)24-20)11-26(6)14(3)4/h8-10,13-15,25H,11H2,1-7H3. The van der Waals surface area contributed by atoms with Gasteiger partial charge in [0.25, 0.3) is 16.3 Å². The first-order chi connectivity index (χ1) is 14.4. The minimum absolute atomic E-state index is 0.127. The molecule has 0 spiro atoms. The van der Waals surface area contributed by atoms with E-state index in [1.54, 1.807) is 20.2 Å². The first-order valence-corrected chi connectivity index (χ1v) is 11.5. The molecule has 1 N–H and O–H groups in total. The van der Waals surface area contributed by atoms with Gasteiger partial charge in [0.2, 0.25) is 0 Å². The van der Waals surface area contributed by atoms with E-state index in [0.717, 1.165) is 5.69 Å². The molecule has 31 heavy (non-hydrogen) atoms. The van der Waals surface area contributed by atoms with Crippen molar-refractivity contribution in [1.29, 1.82) is 5.26 Å². The third-order valence-corrected chi connectivity index (χ3v) is 6.62. The number of aromatic nitrogens is 2. The summed E-state index contributed by atoms with van der Waals surface area (Å²) in [5.41, 5.74) is 1.47. The van der Waals surface area contributed by atoms with Gasteiger partial charge in [-0.15, -0.1) is 5.26 Å². The summed E-state index contributed by atoms with van der Waals surface area (Å²) in [5, 5.41) is 13.1. The molecule has 0 aliphatic rings. The summed E-state index contributed by atoms with van der Waals surface area (Å²) in [6, 6.07) is 3.41. The lowest BCUT2D eigenvalue weighted by atomic mass is 9.96. The molecule has 1 aromatic carbocycles. The largest absolute Gasteiger partial charge is 0.387 e. The van der Waals surface area contributed by atoms with Crippen LogP contribution in [0.25, 0.3) is 0 Å². The Kier molecular flexibility index (Phi) is 7.81. The average molecular weight is 452 g/mol. The second-order valence-corrected chi connectivity index (χ2v) is 9.87. The van der Waals surface area contributed by atoms with Gasteiger partial charge < -0.3 is 4.74 Å². The fourth-order valence-electron chi connectivity index (χ4n) is 3.10. The molecule has 0 saturated carbocycles.